The summed E-state index contributed by atoms with van der Waals surface area (Å²) >= 11 is 2.87. The van der Waals surface area contributed by atoms with Crippen molar-refractivity contribution < 1.29 is 23.9 Å². The second-order valence-corrected chi connectivity index (χ2v) is 9.55. The number of fused-ring (bicyclic) bond motifs is 1. The Hall–Kier alpha value is -2.59. The van der Waals surface area contributed by atoms with Gasteiger partial charge in [0.25, 0.3) is 5.91 Å². The molecule has 8 nitrogen and oxygen atoms in total. The third-order valence-corrected chi connectivity index (χ3v) is 7.46. The number of ether oxygens (including phenoxy) is 2. The Bertz CT molecular complexity index is 977. The number of anilines is 1. The van der Waals surface area contributed by atoms with Gasteiger partial charge in [0.15, 0.2) is 11.7 Å². The summed E-state index contributed by atoms with van der Waals surface area (Å²) in [6.45, 7) is 1.54. The van der Waals surface area contributed by atoms with E-state index in [1.165, 1.54) is 11.3 Å². The van der Waals surface area contributed by atoms with Crippen molar-refractivity contribution in [3.8, 4) is 17.0 Å². The number of nitrogens with one attached hydrogen (secondary N) is 1. The highest BCUT2D eigenvalue weighted by Gasteiger charge is 2.53. The molecule has 2 aromatic rings. The van der Waals surface area contributed by atoms with Gasteiger partial charge in [-0.25, -0.2) is 9.78 Å². The van der Waals surface area contributed by atoms with Crippen LogP contribution in [0, 0.1) is 0 Å². The topological polar surface area (TPSA) is 97.8 Å². The Balaban J connectivity index is 1.30. The Morgan fingerprint density at radius 2 is 2.10 bits per heavy atom. The molecule has 4 rings (SSSR count). The second-order valence-electron chi connectivity index (χ2n) is 7.19. The zero-order chi connectivity index (χ0) is 21.3. The van der Waals surface area contributed by atoms with Gasteiger partial charge in [-0.1, -0.05) is 0 Å². The summed E-state index contributed by atoms with van der Waals surface area (Å²) < 4.78 is 10.3. The van der Waals surface area contributed by atoms with Crippen LogP contribution < -0.4 is 10.1 Å². The SMILES string of the molecule is COc1ccc(-c2csc(NC(=O)COC(=O)[C@@H]3CS[C@@]4(C)CCC(=O)N34)n2)cc1. The van der Waals surface area contributed by atoms with Crippen LogP contribution in [-0.4, -0.2) is 58.0 Å². The molecule has 158 valence electrons. The highest BCUT2D eigenvalue weighted by Crippen LogP contribution is 2.47. The van der Waals surface area contributed by atoms with Crippen LogP contribution in [0.2, 0.25) is 0 Å². The standard InChI is InChI=1S/C20H21N3O5S2/c1-20-8-7-17(25)23(20)15(11-30-20)18(26)28-9-16(24)22-19-21-14(10-29-19)12-3-5-13(27-2)6-4-12/h3-6,10,15H,7-9,11H2,1-2H3,(H,21,22,24)/t15-,20-/m0/s1. The first-order valence-electron chi connectivity index (χ1n) is 9.42. The van der Waals surface area contributed by atoms with Crippen LogP contribution in [-0.2, 0) is 19.1 Å². The first-order chi connectivity index (χ1) is 14.4. The molecule has 2 aliphatic rings. The monoisotopic (exact) mass is 447 g/mol. The van der Waals surface area contributed by atoms with Gasteiger partial charge in [0.05, 0.1) is 17.7 Å². The molecule has 2 amide bonds. The number of methoxy groups -OCH3 is 1. The first-order valence-corrected chi connectivity index (χ1v) is 11.3. The second kappa shape index (κ2) is 8.27. The summed E-state index contributed by atoms with van der Waals surface area (Å²) in [4.78, 5) is 42.4. The van der Waals surface area contributed by atoms with Crippen molar-refractivity contribution in [3.05, 3.63) is 29.6 Å². The van der Waals surface area contributed by atoms with Crippen molar-refractivity contribution >= 4 is 46.0 Å². The molecule has 0 unspecified atom stereocenters. The number of hydrogen-bond donors (Lipinski definition) is 1. The highest BCUT2D eigenvalue weighted by atomic mass is 32.2. The normalized spacial score (nSPS) is 22.7. The summed E-state index contributed by atoms with van der Waals surface area (Å²) in [6, 6.07) is 6.81. The smallest absolute Gasteiger partial charge is 0.330 e. The molecule has 0 spiro atoms. The van der Waals surface area contributed by atoms with Gasteiger partial charge in [-0.2, -0.15) is 0 Å². The van der Waals surface area contributed by atoms with Crippen molar-refractivity contribution in [2.45, 2.75) is 30.7 Å². The first kappa shape index (κ1) is 20.7. The largest absolute Gasteiger partial charge is 0.497 e. The number of amides is 2. The van der Waals surface area contributed by atoms with Gasteiger partial charge in [-0.15, -0.1) is 23.1 Å². The summed E-state index contributed by atoms with van der Waals surface area (Å²) in [5, 5.41) is 4.89. The molecule has 2 fully saturated rings. The number of hydrogen-bond acceptors (Lipinski definition) is 8. The molecule has 1 aromatic carbocycles. The molecular formula is C20H21N3O5S2. The molecule has 3 heterocycles. The summed E-state index contributed by atoms with van der Waals surface area (Å²) in [6.07, 6.45) is 1.16. The van der Waals surface area contributed by atoms with Crippen LogP contribution >= 0.6 is 23.1 Å². The van der Waals surface area contributed by atoms with E-state index in [1.807, 2.05) is 36.6 Å². The molecular weight excluding hydrogens is 426 g/mol. The van der Waals surface area contributed by atoms with Gasteiger partial charge < -0.3 is 14.4 Å². The van der Waals surface area contributed by atoms with Gasteiger partial charge >= 0.3 is 5.97 Å². The van der Waals surface area contributed by atoms with Crippen molar-refractivity contribution in [1.82, 2.24) is 9.88 Å². The Morgan fingerprint density at radius 1 is 1.33 bits per heavy atom. The molecule has 2 saturated heterocycles. The van der Waals surface area contributed by atoms with Crippen LogP contribution in [0.15, 0.2) is 29.6 Å². The number of carbonyl (C=O) groups excluding carboxylic acids is 3. The van der Waals surface area contributed by atoms with Gasteiger partial charge in [-0.05, 0) is 37.6 Å². The number of nitrogens with zero attached hydrogens (tertiary/aromatic N) is 2. The minimum Gasteiger partial charge on any atom is -0.497 e. The van der Waals surface area contributed by atoms with Crippen molar-refractivity contribution in [1.29, 1.82) is 0 Å². The number of rotatable bonds is 6. The van der Waals surface area contributed by atoms with Crippen molar-refractivity contribution in [2.75, 3.05) is 24.8 Å². The minimum atomic E-state index is -0.635. The zero-order valence-electron chi connectivity index (χ0n) is 16.5. The van der Waals surface area contributed by atoms with E-state index in [1.54, 1.807) is 23.8 Å². The van der Waals surface area contributed by atoms with Crippen LogP contribution in [0.3, 0.4) is 0 Å². The fraction of sp³-hybridized carbons (Fsp3) is 0.400. The van der Waals surface area contributed by atoms with E-state index in [-0.39, 0.29) is 10.8 Å². The fourth-order valence-corrected chi connectivity index (χ4v) is 5.76. The molecule has 0 radical (unpaired) electrons. The molecule has 0 aliphatic carbocycles. The number of aromatic nitrogens is 1. The predicted molar refractivity (Wildman–Crippen MR) is 114 cm³/mol. The van der Waals surface area contributed by atoms with Gasteiger partial charge in [-0.3, -0.25) is 14.9 Å². The van der Waals surface area contributed by atoms with Crippen LogP contribution in [0.4, 0.5) is 5.13 Å². The predicted octanol–water partition coefficient (Wildman–Crippen LogP) is 2.75. The maximum Gasteiger partial charge on any atom is 0.330 e. The van der Waals surface area contributed by atoms with Gasteiger partial charge in [0, 0.05) is 23.1 Å². The lowest BCUT2D eigenvalue weighted by Crippen LogP contribution is -2.47. The van der Waals surface area contributed by atoms with Crippen molar-refractivity contribution in [2.24, 2.45) is 0 Å². The molecule has 10 heteroatoms. The van der Waals surface area contributed by atoms with Crippen LogP contribution in [0.25, 0.3) is 11.3 Å². The molecule has 0 bridgehead atoms. The fourth-order valence-electron chi connectivity index (χ4n) is 3.61. The zero-order valence-corrected chi connectivity index (χ0v) is 18.2. The van der Waals surface area contributed by atoms with Crippen molar-refractivity contribution in [3.63, 3.8) is 0 Å². The highest BCUT2D eigenvalue weighted by molar-refractivity contribution is 8.01. The minimum absolute atomic E-state index is 0.0391. The average molecular weight is 448 g/mol. The summed E-state index contributed by atoms with van der Waals surface area (Å²) in [5.74, 6) is 0.180. The molecule has 2 atom stereocenters. The quantitative estimate of drug-likeness (QED) is 0.680. The number of thioether (sulfide) groups is 1. The van der Waals surface area contributed by atoms with Gasteiger partial charge in [0.1, 0.15) is 11.8 Å². The maximum absolute atomic E-state index is 12.4. The van der Waals surface area contributed by atoms with Crippen LogP contribution in [0.1, 0.15) is 19.8 Å². The molecule has 2 aliphatic heterocycles. The van der Waals surface area contributed by atoms with E-state index in [9.17, 15) is 14.4 Å². The van der Waals surface area contributed by atoms with E-state index >= 15 is 0 Å². The lowest BCUT2D eigenvalue weighted by atomic mass is 10.2. The lowest BCUT2D eigenvalue weighted by Gasteiger charge is -2.29. The number of benzene rings is 1. The Kier molecular flexibility index (Phi) is 5.70. The van der Waals surface area contributed by atoms with E-state index in [2.05, 4.69) is 10.3 Å². The molecule has 0 saturated carbocycles. The van der Waals surface area contributed by atoms with E-state index in [0.29, 0.717) is 17.3 Å². The Morgan fingerprint density at radius 3 is 2.83 bits per heavy atom. The van der Waals surface area contributed by atoms with Gasteiger partial charge in [0.2, 0.25) is 5.91 Å². The van der Waals surface area contributed by atoms with Crippen LogP contribution in [0.5, 0.6) is 5.75 Å². The molecule has 1 N–H and O–H groups in total. The third-order valence-electron chi connectivity index (χ3n) is 5.20. The van der Waals surface area contributed by atoms with E-state index in [4.69, 9.17) is 9.47 Å². The van der Waals surface area contributed by atoms with E-state index in [0.717, 1.165) is 23.4 Å². The summed E-state index contributed by atoms with van der Waals surface area (Å²) in [7, 11) is 1.60. The Labute approximate surface area is 181 Å². The number of thiazole rings is 1. The number of carbonyl (C=O) groups is 3. The average Bonchev–Trinajstić information content (AvgIpc) is 3.42. The number of esters is 1. The van der Waals surface area contributed by atoms with E-state index < -0.39 is 24.5 Å². The maximum atomic E-state index is 12.4. The molecule has 30 heavy (non-hydrogen) atoms. The summed E-state index contributed by atoms with van der Waals surface area (Å²) in [5.41, 5.74) is 1.63. The molecule has 1 aromatic heterocycles. The lowest BCUT2D eigenvalue weighted by molar-refractivity contribution is -0.155. The third kappa shape index (κ3) is 4.01.